The molecule has 5 heteroatoms. The molecule has 1 atom stereocenters. The van der Waals surface area contributed by atoms with Gasteiger partial charge in [-0.3, -0.25) is 9.59 Å². The van der Waals surface area contributed by atoms with Crippen LogP contribution in [0.15, 0.2) is 12.1 Å². The van der Waals surface area contributed by atoms with E-state index in [-0.39, 0.29) is 6.54 Å². The first kappa shape index (κ1) is 13.2. The van der Waals surface area contributed by atoms with Crippen LogP contribution >= 0.6 is 15.9 Å². The van der Waals surface area contributed by atoms with Crippen molar-refractivity contribution in [2.24, 2.45) is 0 Å². The van der Waals surface area contributed by atoms with E-state index in [4.69, 9.17) is 0 Å². The summed E-state index contributed by atoms with van der Waals surface area (Å²) in [5.74, 6) is -1.04. The van der Waals surface area contributed by atoms with Gasteiger partial charge in [0.15, 0.2) is 0 Å². The number of β-amino-alcohol motifs (C(OH)–C–C–N with tert-alkyl or cyclic N) is 1. The summed E-state index contributed by atoms with van der Waals surface area (Å²) >= 11 is 3.15. The number of aliphatic hydroxyl groups is 1. The first-order valence-corrected chi connectivity index (χ1v) is 6.79. The fourth-order valence-corrected chi connectivity index (χ4v) is 2.44. The van der Waals surface area contributed by atoms with E-state index in [2.05, 4.69) is 15.9 Å². The number of anilines is 1. The molecule has 18 heavy (non-hydrogen) atoms. The van der Waals surface area contributed by atoms with Crippen molar-refractivity contribution < 1.29 is 14.7 Å². The lowest BCUT2D eigenvalue weighted by Crippen LogP contribution is -2.37. The molecule has 1 unspecified atom stereocenters. The van der Waals surface area contributed by atoms with Crippen LogP contribution in [0, 0.1) is 13.8 Å². The van der Waals surface area contributed by atoms with Gasteiger partial charge in [-0.25, -0.2) is 0 Å². The number of nitrogens with zero attached hydrogens (tertiary/aromatic N) is 1. The average Bonchev–Trinajstić information content (AvgIpc) is 2.54. The number of hydrogen-bond acceptors (Lipinski definition) is 3. The average molecular weight is 312 g/mol. The van der Waals surface area contributed by atoms with Crippen molar-refractivity contribution in [3.63, 3.8) is 0 Å². The van der Waals surface area contributed by atoms with Crippen molar-refractivity contribution in [2.45, 2.75) is 20.0 Å². The van der Waals surface area contributed by atoms with Crippen molar-refractivity contribution in [3.8, 4) is 0 Å². The normalized spacial score (nSPS) is 16.1. The molecule has 0 aliphatic carbocycles. The molecule has 1 N–H and O–H groups in total. The first-order chi connectivity index (χ1) is 8.45. The summed E-state index contributed by atoms with van der Waals surface area (Å²) in [6, 6.07) is 3.69. The number of carbonyl (C=O) groups is 2. The number of benzene rings is 1. The SMILES string of the molecule is Cc1cc(C)c2c(c1)N(CC(O)CBr)C(=O)C2=O. The molecule has 0 saturated carbocycles. The van der Waals surface area contributed by atoms with Gasteiger partial charge in [0.2, 0.25) is 0 Å². The Hall–Kier alpha value is -1.20. The zero-order valence-corrected chi connectivity index (χ0v) is 11.8. The Kier molecular flexibility index (Phi) is 3.54. The standard InChI is InChI=1S/C13H14BrNO3/c1-7-3-8(2)11-10(4-7)15(6-9(16)5-14)13(18)12(11)17/h3-4,9,16H,5-6H2,1-2H3. The van der Waals surface area contributed by atoms with E-state index < -0.39 is 17.8 Å². The van der Waals surface area contributed by atoms with Gasteiger partial charge < -0.3 is 10.0 Å². The zero-order chi connectivity index (χ0) is 13.4. The highest BCUT2D eigenvalue weighted by Crippen LogP contribution is 2.32. The fourth-order valence-electron chi connectivity index (χ4n) is 2.23. The van der Waals surface area contributed by atoms with Crippen molar-refractivity contribution in [1.82, 2.24) is 0 Å². The molecule has 1 aliphatic heterocycles. The Balaban J connectivity index is 2.48. The molecule has 0 bridgehead atoms. The summed E-state index contributed by atoms with van der Waals surface area (Å²) in [5, 5.41) is 10.0. The molecule has 4 nitrogen and oxygen atoms in total. The van der Waals surface area contributed by atoms with Crippen LogP contribution in [0.1, 0.15) is 21.5 Å². The van der Waals surface area contributed by atoms with Crippen LogP contribution in [-0.2, 0) is 4.79 Å². The number of aliphatic hydroxyl groups excluding tert-OH is 1. The Labute approximate surface area is 114 Å². The molecule has 2 rings (SSSR count). The van der Waals surface area contributed by atoms with Gasteiger partial charge >= 0.3 is 0 Å². The molecule has 1 amide bonds. The summed E-state index contributed by atoms with van der Waals surface area (Å²) < 4.78 is 0. The molecule has 0 aromatic heterocycles. The lowest BCUT2D eigenvalue weighted by atomic mass is 10.0. The van der Waals surface area contributed by atoms with Gasteiger partial charge in [-0.15, -0.1) is 0 Å². The molecule has 0 fully saturated rings. The highest BCUT2D eigenvalue weighted by atomic mass is 79.9. The number of aryl methyl sites for hydroxylation is 2. The number of amides is 1. The summed E-state index contributed by atoms with van der Waals surface area (Å²) in [7, 11) is 0. The zero-order valence-electron chi connectivity index (χ0n) is 10.2. The minimum Gasteiger partial charge on any atom is -0.390 e. The van der Waals surface area contributed by atoms with Gasteiger partial charge in [-0.2, -0.15) is 0 Å². The van der Waals surface area contributed by atoms with Gasteiger partial charge in [-0.05, 0) is 31.0 Å². The van der Waals surface area contributed by atoms with Gasteiger partial charge in [0, 0.05) is 5.33 Å². The molecule has 0 saturated heterocycles. The predicted octanol–water partition coefficient (Wildman–Crippen LogP) is 1.59. The van der Waals surface area contributed by atoms with E-state index in [1.54, 1.807) is 0 Å². The Morgan fingerprint density at radius 3 is 2.61 bits per heavy atom. The van der Waals surface area contributed by atoms with Crippen LogP contribution in [-0.4, -0.2) is 34.8 Å². The van der Waals surface area contributed by atoms with Crippen molar-refractivity contribution in [3.05, 3.63) is 28.8 Å². The lowest BCUT2D eigenvalue weighted by molar-refractivity contribution is -0.114. The second-order valence-electron chi connectivity index (χ2n) is 4.53. The maximum atomic E-state index is 11.9. The number of Topliss-reactive ketones (excluding diaryl/α,β-unsaturated/α-hetero) is 1. The number of alkyl halides is 1. The summed E-state index contributed by atoms with van der Waals surface area (Å²) in [6.45, 7) is 3.87. The minimum absolute atomic E-state index is 0.131. The molecule has 1 aromatic carbocycles. The van der Waals surface area contributed by atoms with Gasteiger partial charge in [-0.1, -0.05) is 22.0 Å². The van der Waals surface area contributed by atoms with E-state index in [0.29, 0.717) is 16.6 Å². The molecule has 1 heterocycles. The molecule has 1 aromatic rings. The lowest BCUT2D eigenvalue weighted by Gasteiger charge is -2.19. The highest BCUT2D eigenvalue weighted by Gasteiger charge is 2.37. The number of carbonyl (C=O) groups excluding carboxylic acids is 2. The van der Waals surface area contributed by atoms with E-state index in [1.807, 2.05) is 26.0 Å². The number of ketones is 1. The Bertz CT molecular complexity index is 527. The third-order valence-electron chi connectivity index (χ3n) is 2.99. The maximum absolute atomic E-state index is 11.9. The fraction of sp³-hybridized carbons (Fsp3) is 0.385. The largest absolute Gasteiger partial charge is 0.390 e. The Morgan fingerprint density at radius 1 is 1.33 bits per heavy atom. The number of halogens is 1. The molecular formula is C13H14BrNO3. The summed E-state index contributed by atoms with van der Waals surface area (Å²) in [5.41, 5.74) is 2.88. The van der Waals surface area contributed by atoms with E-state index >= 15 is 0 Å². The number of hydrogen-bond donors (Lipinski definition) is 1. The van der Waals surface area contributed by atoms with Crippen molar-refractivity contribution >= 4 is 33.3 Å². The van der Waals surface area contributed by atoms with Crippen molar-refractivity contribution in [1.29, 1.82) is 0 Å². The van der Waals surface area contributed by atoms with Crippen LogP contribution in [0.2, 0.25) is 0 Å². The molecule has 96 valence electrons. The van der Waals surface area contributed by atoms with Crippen molar-refractivity contribution in [2.75, 3.05) is 16.8 Å². The van der Waals surface area contributed by atoms with E-state index in [0.717, 1.165) is 11.1 Å². The van der Waals surface area contributed by atoms with Crippen LogP contribution in [0.5, 0.6) is 0 Å². The van der Waals surface area contributed by atoms with Gasteiger partial charge in [0.1, 0.15) is 0 Å². The number of fused-ring (bicyclic) bond motifs is 1. The third kappa shape index (κ3) is 2.08. The summed E-state index contributed by atoms with van der Waals surface area (Å²) in [4.78, 5) is 25.2. The second kappa shape index (κ2) is 4.82. The molecule has 0 spiro atoms. The third-order valence-corrected chi connectivity index (χ3v) is 3.74. The number of rotatable bonds is 3. The van der Waals surface area contributed by atoms with Crippen LogP contribution < -0.4 is 4.90 Å². The molecular weight excluding hydrogens is 298 g/mol. The summed E-state index contributed by atoms with van der Waals surface area (Å²) in [6.07, 6.45) is -0.687. The van der Waals surface area contributed by atoms with Crippen LogP contribution in [0.4, 0.5) is 5.69 Å². The molecule has 1 aliphatic rings. The topological polar surface area (TPSA) is 57.6 Å². The maximum Gasteiger partial charge on any atom is 0.299 e. The van der Waals surface area contributed by atoms with Crippen LogP contribution in [0.25, 0.3) is 0 Å². The smallest absolute Gasteiger partial charge is 0.299 e. The second-order valence-corrected chi connectivity index (χ2v) is 5.18. The molecule has 0 radical (unpaired) electrons. The van der Waals surface area contributed by atoms with E-state index in [1.165, 1.54) is 4.90 Å². The van der Waals surface area contributed by atoms with Crippen LogP contribution in [0.3, 0.4) is 0 Å². The minimum atomic E-state index is -0.687. The quantitative estimate of drug-likeness (QED) is 0.681. The van der Waals surface area contributed by atoms with E-state index in [9.17, 15) is 14.7 Å². The monoisotopic (exact) mass is 311 g/mol. The van der Waals surface area contributed by atoms with Gasteiger partial charge in [0.05, 0.1) is 23.9 Å². The van der Waals surface area contributed by atoms with Gasteiger partial charge in [0.25, 0.3) is 11.7 Å². The first-order valence-electron chi connectivity index (χ1n) is 5.67. The highest BCUT2D eigenvalue weighted by molar-refractivity contribution is 9.09. The predicted molar refractivity (Wildman–Crippen MR) is 72.4 cm³/mol. The Morgan fingerprint density at radius 2 is 2.00 bits per heavy atom.